The number of nitrogens with zero attached hydrogens (tertiary/aromatic N) is 3. The van der Waals surface area contributed by atoms with Crippen molar-refractivity contribution in [2.75, 3.05) is 34.2 Å². The fourth-order valence-corrected chi connectivity index (χ4v) is 3.47. The van der Waals surface area contributed by atoms with Crippen molar-refractivity contribution < 1.29 is 4.39 Å². The van der Waals surface area contributed by atoms with Crippen LogP contribution >= 0.6 is 35.3 Å². The van der Waals surface area contributed by atoms with Crippen molar-refractivity contribution in [2.45, 2.75) is 25.8 Å². The molecule has 27 heavy (non-hydrogen) atoms. The van der Waals surface area contributed by atoms with Crippen LogP contribution in [0.3, 0.4) is 0 Å². The van der Waals surface area contributed by atoms with E-state index in [1.165, 1.54) is 17.0 Å². The summed E-state index contributed by atoms with van der Waals surface area (Å²) in [7, 11) is 5.79. The molecule has 2 rings (SSSR count). The summed E-state index contributed by atoms with van der Waals surface area (Å²) in [6.07, 6.45) is 3.86. The summed E-state index contributed by atoms with van der Waals surface area (Å²) in [6.45, 7) is 3.60. The van der Waals surface area contributed by atoms with Crippen molar-refractivity contribution in [1.82, 2.24) is 20.5 Å². The molecule has 2 N–H and O–H groups in total. The average molecular weight is 505 g/mol. The van der Waals surface area contributed by atoms with Gasteiger partial charge in [-0.25, -0.2) is 9.37 Å². The molecule has 5 nitrogen and oxygen atoms in total. The van der Waals surface area contributed by atoms with Crippen molar-refractivity contribution in [3.8, 4) is 0 Å². The topological polar surface area (TPSA) is 52.6 Å². The van der Waals surface area contributed by atoms with Crippen molar-refractivity contribution >= 4 is 41.3 Å². The van der Waals surface area contributed by atoms with E-state index in [1.807, 2.05) is 32.4 Å². The Balaban J connectivity index is 0.00000364. The van der Waals surface area contributed by atoms with Gasteiger partial charge in [0.15, 0.2) is 5.96 Å². The minimum Gasteiger partial charge on any atom is -0.356 e. The molecular formula is C19H29FIN5S. The SMILES string of the molecule is CCc1cnc(CCNC(=NC)NCC(c2ccc(F)cc2)N(C)C)s1.I. The van der Waals surface area contributed by atoms with Crippen molar-refractivity contribution in [2.24, 2.45) is 4.99 Å². The first-order valence-corrected chi connectivity index (χ1v) is 9.65. The van der Waals surface area contributed by atoms with Gasteiger partial charge in [0.1, 0.15) is 5.82 Å². The molecule has 0 radical (unpaired) electrons. The molecule has 0 saturated carbocycles. The monoisotopic (exact) mass is 505 g/mol. The molecule has 1 aromatic carbocycles. The Morgan fingerprint density at radius 2 is 1.96 bits per heavy atom. The van der Waals surface area contributed by atoms with Crippen LogP contribution in [-0.4, -0.2) is 50.1 Å². The molecule has 1 atom stereocenters. The number of aromatic nitrogens is 1. The maximum atomic E-state index is 13.2. The molecule has 8 heteroatoms. The second-order valence-corrected chi connectivity index (χ2v) is 7.43. The molecule has 0 aliphatic rings. The van der Waals surface area contributed by atoms with Crippen LogP contribution in [0, 0.1) is 5.82 Å². The molecule has 1 unspecified atom stereocenters. The number of guanidine groups is 1. The van der Waals surface area contributed by atoms with E-state index in [2.05, 4.69) is 32.4 Å². The van der Waals surface area contributed by atoms with Gasteiger partial charge in [0.2, 0.25) is 0 Å². The number of thiazole rings is 1. The normalized spacial score (nSPS) is 12.6. The van der Waals surface area contributed by atoms with Gasteiger partial charge in [-0.05, 0) is 38.2 Å². The number of halogens is 2. The van der Waals surface area contributed by atoms with Gasteiger partial charge in [-0.1, -0.05) is 19.1 Å². The lowest BCUT2D eigenvalue weighted by Crippen LogP contribution is -2.42. The molecule has 0 amide bonds. The van der Waals surface area contributed by atoms with E-state index in [0.29, 0.717) is 6.54 Å². The van der Waals surface area contributed by atoms with Gasteiger partial charge in [-0.2, -0.15) is 0 Å². The molecule has 0 aliphatic heterocycles. The molecule has 2 aromatic rings. The van der Waals surface area contributed by atoms with Gasteiger partial charge in [-0.3, -0.25) is 4.99 Å². The molecule has 0 aliphatic carbocycles. The third-order valence-corrected chi connectivity index (χ3v) is 5.35. The summed E-state index contributed by atoms with van der Waals surface area (Å²) >= 11 is 1.76. The number of hydrogen-bond acceptors (Lipinski definition) is 4. The third kappa shape index (κ3) is 7.71. The van der Waals surface area contributed by atoms with E-state index < -0.39 is 0 Å². The first kappa shape index (κ1) is 23.8. The van der Waals surface area contributed by atoms with Crippen LogP contribution in [0.5, 0.6) is 0 Å². The first-order chi connectivity index (χ1) is 12.5. The molecule has 150 valence electrons. The van der Waals surface area contributed by atoms with Gasteiger partial charge < -0.3 is 15.5 Å². The molecular weight excluding hydrogens is 476 g/mol. The zero-order valence-corrected chi connectivity index (χ0v) is 19.5. The second-order valence-electron chi connectivity index (χ2n) is 6.23. The number of rotatable bonds is 8. The Kier molecular flexibility index (Phi) is 10.8. The maximum absolute atomic E-state index is 13.2. The minimum atomic E-state index is -0.217. The average Bonchev–Trinajstić information content (AvgIpc) is 3.09. The zero-order chi connectivity index (χ0) is 18.9. The fourth-order valence-electron chi connectivity index (χ4n) is 2.61. The molecule has 0 bridgehead atoms. The lowest BCUT2D eigenvalue weighted by atomic mass is 10.1. The van der Waals surface area contributed by atoms with Crippen molar-refractivity contribution in [3.05, 3.63) is 51.7 Å². The van der Waals surface area contributed by atoms with Crippen LogP contribution in [0.1, 0.15) is 28.4 Å². The third-order valence-electron chi connectivity index (χ3n) is 4.15. The summed E-state index contributed by atoms with van der Waals surface area (Å²) in [5.74, 6) is 0.538. The Morgan fingerprint density at radius 3 is 2.52 bits per heavy atom. The van der Waals surface area contributed by atoms with Crippen LogP contribution in [0.25, 0.3) is 0 Å². The van der Waals surface area contributed by atoms with Crippen LogP contribution in [-0.2, 0) is 12.8 Å². The second kappa shape index (κ2) is 12.2. The summed E-state index contributed by atoms with van der Waals surface area (Å²) in [5, 5.41) is 7.82. The minimum absolute atomic E-state index is 0. The Bertz CT molecular complexity index is 702. The molecule has 0 fully saturated rings. The smallest absolute Gasteiger partial charge is 0.191 e. The quantitative estimate of drug-likeness (QED) is 0.328. The zero-order valence-electron chi connectivity index (χ0n) is 16.3. The molecule has 1 aromatic heterocycles. The number of aliphatic imine (C=N–C) groups is 1. The van der Waals surface area contributed by atoms with Gasteiger partial charge >= 0.3 is 0 Å². The van der Waals surface area contributed by atoms with Crippen LogP contribution < -0.4 is 10.6 Å². The van der Waals surface area contributed by atoms with Crippen LogP contribution in [0.2, 0.25) is 0 Å². The Labute approximate surface area is 182 Å². The van der Waals surface area contributed by atoms with Crippen LogP contribution in [0.15, 0.2) is 35.5 Å². The van der Waals surface area contributed by atoms with E-state index in [-0.39, 0.29) is 35.8 Å². The van der Waals surface area contributed by atoms with Gasteiger partial charge in [-0.15, -0.1) is 35.3 Å². The van der Waals surface area contributed by atoms with Crippen molar-refractivity contribution in [1.29, 1.82) is 0 Å². The predicted molar refractivity (Wildman–Crippen MR) is 123 cm³/mol. The number of hydrogen-bond donors (Lipinski definition) is 2. The maximum Gasteiger partial charge on any atom is 0.191 e. The van der Waals surface area contributed by atoms with Gasteiger partial charge in [0, 0.05) is 37.6 Å². The summed E-state index contributed by atoms with van der Waals surface area (Å²) < 4.78 is 13.2. The number of aryl methyl sites for hydroxylation is 1. The largest absolute Gasteiger partial charge is 0.356 e. The molecule has 0 saturated heterocycles. The molecule has 0 spiro atoms. The lowest BCUT2D eigenvalue weighted by molar-refractivity contribution is 0.298. The van der Waals surface area contributed by atoms with E-state index in [9.17, 15) is 4.39 Å². The Morgan fingerprint density at radius 1 is 1.26 bits per heavy atom. The van der Waals surface area contributed by atoms with E-state index in [0.717, 1.165) is 35.9 Å². The number of likely N-dealkylation sites (N-methyl/N-ethyl adjacent to an activating group) is 1. The summed E-state index contributed by atoms with van der Waals surface area (Å²) in [5.41, 5.74) is 1.06. The van der Waals surface area contributed by atoms with Crippen LogP contribution in [0.4, 0.5) is 4.39 Å². The highest BCUT2D eigenvalue weighted by Gasteiger charge is 2.14. The summed E-state index contributed by atoms with van der Waals surface area (Å²) in [6, 6.07) is 6.77. The van der Waals surface area contributed by atoms with Gasteiger partial charge in [0.25, 0.3) is 0 Å². The van der Waals surface area contributed by atoms with E-state index in [4.69, 9.17) is 0 Å². The first-order valence-electron chi connectivity index (χ1n) is 8.83. The summed E-state index contributed by atoms with van der Waals surface area (Å²) in [4.78, 5) is 12.1. The predicted octanol–water partition coefficient (Wildman–Crippen LogP) is 3.47. The highest BCUT2D eigenvalue weighted by atomic mass is 127. The highest BCUT2D eigenvalue weighted by molar-refractivity contribution is 14.0. The van der Waals surface area contributed by atoms with Crippen molar-refractivity contribution in [3.63, 3.8) is 0 Å². The molecule has 1 heterocycles. The van der Waals surface area contributed by atoms with E-state index in [1.54, 1.807) is 18.4 Å². The van der Waals surface area contributed by atoms with Gasteiger partial charge in [0.05, 0.1) is 11.0 Å². The highest BCUT2D eigenvalue weighted by Crippen LogP contribution is 2.17. The Hall–Kier alpha value is -1.26. The number of benzene rings is 1. The fraction of sp³-hybridized carbons (Fsp3) is 0.474. The lowest BCUT2D eigenvalue weighted by Gasteiger charge is -2.26. The standard InChI is InChI=1S/C19H28FN5S.HI/c1-5-16-12-23-18(26-16)10-11-22-19(21-2)24-13-17(25(3)4)14-6-8-15(20)9-7-14;/h6-9,12,17H,5,10-11,13H2,1-4H3,(H2,21,22,24);1H. The number of nitrogens with one attached hydrogen (secondary N) is 2. The van der Waals surface area contributed by atoms with E-state index >= 15 is 0 Å².